The van der Waals surface area contributed by atoms with Crippen molar-refractivity contribution in [1.29, 1.82) is 0 Å². The maximum absolute atomic E-state index is 14.5. The van der Waals surface area contributed by atoms with Crippen molar-refractivity contribution in [2.75, 3.05) is 102 Å². The Morgan fingerprint density at radius 1 is 0.393 bits per heavy atom. The average molecular weight is 1620 g/mol. The molecule has 3 aliphatic rings. The summed E-state index contributed by atoms with van der Waals surface area (Å²) in [4.78, 5) is 38.8. The van der Waals surface area contributed by atoms with E-state index in [0.29, 0.717) is 64.1 Å². The molecule has 1 saturated carbocycles. The standard InChI is InChI=1S/C25H26FN7.C25H26N6O.C25H26N6.C20H18N6/c1-17-3-8-20(26)24-21(16-28-31-25(17)24)29-22-9-10-27-23(30-22)15-18-4-6-19(7-5-18)33-13-11-32(2)12-14-33;1-18-4-2-5-21-22(16-26-30-25(18)21)28-24-7-3-6-23(29-24)27-20-10-8-19(9-11-20)17-31-12-14-32-15-13-31;1-17-6-5-9-21-22(16-27-31-24(17)21)29-23-14-15-26-25(30-23)28-20-12-10-19(11-13-20)18-7-3-2-4-8-18;1-13-6-8-15(9-7-13)23-20-21-11-10-18(25-20)24-17-12-22-26-19-14(2)4-3-5-16(17)19/h3-10,16H,11-15H2,1-2H3,(H,27,29,30,31);2-11,16H,12-15,17H2,1H3,(H2,27,28,29,30);5-6,9-16,18H,2-4,7-8H2,1H3,(H2,26,28,29,30,31);3-12H,1-2H3,(H2,21,23,24,25,26). The van der Waals surface area contributed by atoms with Gasteiger partial charge in [-0.3, -0.25) is 4.90 Å². The van der Waals surface area contributed by atoms with Crippen LogP contribution in [0.3, 0.4) is 0 Å². The molecule has 8 aromatic carbocycles. The first-order valence-electron chi connectivity index (χ1n) is 41.2. The highest BCUT2D eigenvalue weighted by molar-refractivity contribution is 5.97. The fourth-order valence-corrected chi connectivity index (χ4v) is 15.1. The van der Waals surface area contributed by atoms with Gasteiger partial charge in [-0.15, -0.1) is 5.10 Å². The van der Waals surface area contributed by atoms with Crippen LogP contribution < -0.4 is 42.1 Å². The number of rotatable bonds is 20. The van der Waals surface area contributed by atoms with Gasteiger partial charge in [0.05, 0.1) is 82.7 Å². The maximum Gasteiger partial charge on any atom is 0.229 e. The number of hydrogen-bond acceptors (Lipinski definition) is 26. The number of anilines is 15. The van der Waals surface area contributed by atoms with Gasteiger partial charge in [0.15, 0.2) is 0 Å². The van der Waals surface area contributed by atoms with E-state index in [1.54, 1.807) is 49.3 Å². The molecule has 0 bridgehead atoms. The van der Waals surface area contributed by atoms with Crippen molar-refractivity contribution in [3.63, 3.8) is 0 Å². The summed E-state index contributed by atoms with van der Waals surface area (Å²) in [6.45, 7) is 18.9. The SMILES string of the molecule is Cc1ccc(F)c2c(Nc3ccnc(Cc4ccc(N5CCN(C)CC5)cc4)n3)cnnc12.Cc1ccc(Nc2nccc(Nc3cnnc4c(C)cccc34)n2)cc1.Cc1cccc2c(Nc3cccc(Nc4ccc(CN5CCOCC5)cc4)n3)cnnc12.Cc1cccc2c(Nc3ccnc(Nc4ccc(C5CCCCC5)cc4)n3)cnnc12. The van der Waals surface area contributed by atoms with Crippen molar-refractivity contribution in [2.24, 2.45) is 0 Å². The minimum absolute atomic E-state index is 0.345. The quantitative estimate of drug-likeness (QED) is 0.0373. The molecule has 26 nitrogen and oxygen atoms in total. The summed E-state index contributed by atoms with van der Waals surface area (Å²) in [5, 5.41) is 59.9. The first-order chi connectivity index (χ1) is 59.8. The van der Waals surface area contributed by atoms with E-state index in [0.717, 1.165) is 165 Å². The zero-order valence-corrected chi connectivity index (χ0v) is 69.1. The molecule has 0 unspecified atom stereocenters. The number of morpholine rings is 1. The van der Waals surface area contributed by atoms with Crippen LogP contribution in [0.2, 0.25) is 0 Å². The molecule has 0 radical (unpaired) electrons. The Morgan fingerprint density at radius 3 is 1.40 bits per heavy atom. The molecule has 122 heavy (non-hydrogen) atoms. The first kappa shape index (κ1) is 81.5. The van der Waals surface area contributed by atoms with Gasteiger partial charge in [0.2, 0.25) is 11.9 Å². The summed E-state index contributed by atoms with van der Waals surface area (Å²) in [7, 11) is 2.16. The molecule has 27 heteroatoms. The van der Waals surface area contributed by atoms with Gasteiger partial charge >= 0.3 is 0 Å². The minimum Gasteiger partial charge on any atom is -0.379 e. The fourth-order valence-electron chi connectivity index (χ4n) is 15.1. The number of piperazine rings is 1. The Kier molecular flexibility index (Phi) is 26.1. The van der Waals surface area contributed by atoms with E-state index in [1.165, 1.54) is 66.7 Å². The summed E-state index contributed by atoms with van der Waals surface area (Å²) >= 11 is 0. The van der Waals surface area contributed by atoms with E-state index in [4.69, 9.17) is 9.72 Å². The monoisotopic (exact) mass is 1620 g/mol. The Labute approximate surface area is 707 Å². The molecule has 2 saturated heterocycles. The maximum atomic E-state index is 14.5. The highest BCUT2D eigenvalue weighted by atomic mass is 19.1. The number of ether oxygens (including phenoxy) is 1. The van der Waals surface area contributed by atoms with Crippen molar-refractivity contribution >= 4 is 130 Å². The molecular formula is C95H96FN25O. The van der Waals surface area contributed by atoms with Crippen LogP contribution in [-0.4, -0.2) is 145 Å². The van der Waals surface area contributed by atoms with Gasteiger partial charge in [0.1, 0.15) is 46.2 Å². The van der Waals surface area contributed by atoms with Crippen molar-refractivity contribution in [3.05, 3.63) is 300 Å². The highest BCUT2D eigenvalue weighted by Crippen LogP contribution is 2.36. The number of nitrogens with one attached hydrogen (secondary N) is 7. The number of fused-ring (bicyclic) bond motifs is 4. The Morgan fingerprint density at radius 2 is 0.844 bits per heavy atom. The van der Waals surface area contributed by atoms with E-state index < -0.39 is 0 Å². The van der Waals surface area contributed by atoms with Crippen LogP contribution in [0.4, 0.5) is 90.9 Å². The molecule has 614 valence electrons. The van der Waals surface area contributed by atoms with Crippen LogP contribution in [0, 0.1) is 40.4 Å². The lowest BCUT2D eigenvalue weighted by molar-refractivity contribution is 0.0342. The van der Waals surface area contributed by atoms with Gasteiger partial charge < -0.3 is 51.8 Å². The van der Waals surface area contributed by atoms with Crippen LogP contribution in [0.15, 0.2) is 244 Å². The van der Waals surface area contributed by atoms with Crippen molar-refractivity contribution < 1.29 is 9.13 Å². The first-order valence-corrected chi connectivity index (χ1v) is 41.2. The van der Waals surface area contributed by atoms with E-state index >= 15 is 0 Å². The normalized spacial score (nSPS) is 13.7. The number of likely N-dealkylation sites (N-methyl/N-ethyl adjacent to an activating group) is 1. The Hall–Kier alpha value is -14.3. The Balaban J connectivity index is 0.000000121. The number of aromatic nitrogens is 15. The molecule has 0 amide bonds. The second-order valence-electron chi connectivity index (χ2n) is 30.7. The van der Waals surface area contributed by atoms with Gasteiger partial charge in [-0.2, -0.15) is 45.7 Å². The van der Waals surface area contributed by atoms with Gasteiger partial charge in [-0.1, -0.05) is 140 Å². The summed E-state index contributed by atoms with van der Waals surface area (Å²) in [5.74, 6) is 5.63. The minimum atomic E-state index is -0.345. The predicted octanol–water partition coefficient (Wildman–Crippen LogP) is 19.4. The molecule has 16 aromatic rings. The third kappa shape index (κ3) is 21.0. The molecule has 0 atom stereocenters. The lowest BCUT2D eigenvalue weighted by Crippen LogP contribution is -2.44. The van der Waals surface area contributed by atoms with Crippen LogP contribution in [0.25, 0.3) is 43.6 Å². The molecule has 1 aliphatic carbocycles. The van der Waals surface area contributed by atoms with Crippen molar-refractivity contribution in [1.82, 2.24) is 85.5 Å². The predicted molar refractivity (Wildman–Crippen MR) is 485 cm³/mol. The second kappa shape index (κ2) is 39.1. The van der Waals surface area contributed by atoms with Crippen LogP contribution in [-0.2, 0) is 17.7 Å². The number of halogens is 1. The fraction of sp³-hybridized carbons (Fsp3) is 0.232. The summed E-state index contributed by atoms with van der Waals surface area (Å²) < 4.78 is 20.0. The van der Waals surface area contributed by atoms with Crippen LogP contribution >= 0.6 is 0 Å². The molecule has 8 aromatic heterocycles. The molecule has 10 heterocycles. The Bertz CT molecular complexity index is 6230. The second-order valence-corrected chi connectivity index (χ2v) is 30.7. The van der Waals surface area contributed by atoms with Crippen LogP contribution in [0.1, 0.15) is 88.4 Å². The zero-order chi connectivity index (χ0) is 83.5. The largest absolute Gasteiger partial charge is 0.379 e. The van der Waals surface area contributed by atoms with E-state index in [1.807, 2.05) is 137 Å². The van der Waals surface area contributed by atoms with Crippen molar-refractivity contribution in [2.45, 2.75) is 85.6 Å². The zero-order valence-electron chi connectivity index (χ0n) is 69.1. The van der Waals surface area contributed by atoms with Crippen LogP contribution in [0.5, 0.6) is 0 Å². The van der Waals surface area contributed by atoms with Gasteiger partial charge in [0.25, 0.3) is 0 Å². The summed E-state index contributed by atoms with van der Waals surface area (Å²) in [6.07, 6.45) is 19.2. The van der Waals surface area contributed by atoms with E-state index in [-0.39, 0.29) is 5.82 Å². The average Bonchev–Trinajstić information content (AvgIpc) is 1.05. The van der Waals surface area contributed by atoms with Gasteiger partial charge in [-0.05, 0) is 184 Å². The molecule has 2 aliphatic heterocycles. The smallest absolute Gasteiger partial charge is 0.229 e. The molecule has 7 N–H and O–H groups in total. The number of pyridine rings is 1. The molecule has 19 rings (SSSR count). The van der Waals surface area contributed by atoms with Crippen molar-refractivity contribution in [3.8, 4) is 0 Å². The topological polar surface area (TPSA) is 297 Å². The third-order valence-corrected chi connectivity index (χ3v) is 21.8. The number of hydrogen-bond donors (Lipinski definition) is 7. The third-order valence-electron chi connectivity index (χ3n) is 21.8. The summed E-state index contributed by atoms with van der Waals surface area (Å²) in [5.41, 5.74) is 19.8. The number of benzene rings is 8. The molecule has 3 fully saturated rings. The molecule has 0 spiro atoms. The lowest BCUT2D eigenvalue weighted by atomic mass is 9.84. The lowest BCUT2D eigenvalue weighted by Gasteiger charge is -2.34. The molecular weight excluding hydrogens is 1530 g/mol. The highest BCUT2D eigenvalue weighted by Gasteiger charge is 2.20. The van der Waals surface area contributed by atoms with E-state index in [9.17, 15) is 4.39 Å². The van der Waals surface area contributed by atoms with Gasteiger partial charge in [-0.25, -0.2) is 29.3 Å². The van der Waals surface area contributed by atoms with E-state index in [2.05, 4.69) is 209 Å². The van der Waals surface area contributed by atoms with Gasteiger partial charge in [0, 0.05) is 110 Å². The summed E-state index contributed by atoms with van der Waals surface area (Å²) in [6, 6.07) is 66.6. The number of nitrogens with zero attached hydrogens (tertiary/aromatic N) is 18. The number of aryl methyl sites for hydroxylation is 5.